The molecule has 0 aliphatic rings. The van der Waals surface area contributed by atoms with Crippen LogP contribution in [0.1, 0.15) is 18.6 Å². The molecule has 3 nitrogen and oxygen atoms in total. The van der Waals surface area contributed by atoms with Crippen LogP contribution in [-0.4, -0.2) is 10.3 Å². The van der Waals surface area contributed by atoms with E-state index in [0.717, 1.165) is 0 Å². The maximum atomic E-state index is 12.9. The maximum Gasteiger partial charge on any atom is 0.123 e. The topological polar surface area (TPSA) is 56.1 Å². The van der Waals surface area contributed by atoms with Crippen molar-refractivity contribution in [2.45, 2.75) is 13.0 Å². The van der Waals surface area contributed by atoms with Crippen molar-refractivity contribution >= 4 is 22.5 Å². The average molecular weight is 243 g/mol. The Morgan fingerprint density at radius 3 is 2.88 bits per heavy atom. The summed E-state index contributed by atoms with van der Waals surface area (Å²) in [6.45, 7) is 1.55. The minimum Gasteiger partial charge on any atom is -0.389 e. The zero-order valence-corrected chi connectivity index (χ0v) is 9.42. The minimum atomic E-state index is -0.776. The van der Waals surface area contributed by atoms with Gasteiger partial charge in [-0.2, -0.15) is 0 Å². The van der Waals surface area contributed by atoms with Crippen LogP contribution >= 0.6 is 11.6 Å². The Hall–Kier alpha value is -1.39. The van der Waals surface area contributed by atoms with E-state index in [1.807, 2.05) is 0 Å². The quantitative estimate of drug-likeness (QED) is 0.711. The van der Waals surface area contributed by atoms with E-state index in [9.17, 15) is 9.50 Å². The molecule has 3 N–H and O–H groups in total. The second-order valence-corrected chi connectivity index (χ2v) is 3.64. The third kappa shape index (κ3) is 3.64. The SMILES string of the molecule is C[C@@H](O)c1cc(F)ccc1N/C=C\C(=N)Cl. The minimum absolute atomic E-state index is 0.117. The number of benzene rings is 1. The lowest BCUT2D eigenvalue weighted by Crippen LogP contribution is -1.99. The predicted octanol–water partition coefficient (Wildman–Crippen LogP) is 3.02. The zero-order chi connectivity index (χ0) is 12.1. The molecule has 86 valence electrons. The predicted molar refractivity (Wildman–Crippen MR) is 63.4 cm³/mol. The molecule has 0 amide bonds. The first-order valence-electron chi connectivity index (χ1n) is 4.65. The van der Waals surface area contributed by atoms with Crippen LogP contribution in [-0.2, 0) is 0 Å². The maximum absolute atomic E-state index is 12.9. The van der Waals surface area contributed by atoms with Crippen molar-refractivity contribution in [3.8, 4) is 0 Å². The Morgan fingerprint density at radius 1 is 1.62 bits per heavy atom. The highest BCUT2D eigenvalue weighted by Gasteiger charge is 2.07. The smallest absolute Gasteiger partial charge is 0.123 e. The Morgan fingerprint density at radius 2 is 2.31 bits per heavy atom. The zero-order valence-electron chi connectivity index (χ0n) is 8.67. The molecule has 1 aromatic carbocycles. The third-order valence-corrected chi connectivity index (χ3v) is 2.06. The first-order chi connectivity index (χ1) is 7.50. The number of hydrogen-bond donors (Lipinski definition) is 3. The monoisotopic (exact) mass is 242 g/mol. The van der Waals surface area contributed by atoms with E-state index < -0.39 is 11.9 Å². The van der Waals surface area contributed by atoms with Crippen molar-refractivity contribution in [1.82, 2.24) is 0 Å². The molecular weight excluding hydrogens is 231 g/mol. The van der Waals surface area contributed by atoms with Crippen molar-refractivity contribution in [3.63, 3.8) is 0 Å². The number of nitrogens with one attached hydrogen (secondary N) is 2. The second kappa shape index (κ2) is 5.63. The highest BCUT2D eigenvalue weighted by Crippen LogP contribution is 2.23. The van der Waals surface area contributed by atoms with Gasteiger partial charge in [0.05, 0.1) is 6.10 Å². The summed E-state index contributed by atoms with van der Waals surface area (Å²) >= 11 is 5.32. The van der Waals surface area contributed by atoms with Crippen molar-refractivity contribution < 1.29 is 9.50 Å². The van der Waals surface area contributed by atoms with Crippen LogP contribution in [0, 0.1) is 11.2 Å². The lowest BCUT2D eigenvalue weighted by molar-refractivity contribution is 0.199. The number of aliphatic hydroxyl groups excluding tert-OH is 1. The van der Waals surface area contributed by atoms with Gasteiger partial charge in [-0.05, 0) is 31.2 Å². The molecule has 0 aliphatic heterocycles. The fourth-order valence-electron chi connectivity index (χ4n) is 1.22. The Balaban J connectivity index is 2.91. The van der Waals surface area contributed by atoms with Gasteiger partial charge in [0.1, 0.15) is 11.0 Å². The second-order valence-electron chi connectivity index (χ2n) is 3.23. The Bertz CT molecular complexity index is 418. The van der Waals surface area contributed by atoms with Crippen molar-refractivity contribution in [2.75, 3.05) is 5.32 Å². The van der Waals surface area contributed by atoms with Crippen LogP contribution < -0.4 is 5.32 Å². The van der Waals surface area contributed by atoms with Crippen LogP contribution in [0.15, 0.2) is 30.5 Å². The molecule has 0 saturated heterocycles. The van der Waals surface area contributed by atoms with Crippen LogP contribution in [0.5, 0.6) is 0 Å². The molecule has 1 aromatic rings. The number of halogens is 2. The molecule has 5 heteroatoms. The van der Waals surface area contributed by atoms with E-state index in [1.54, 1.807) is 6.92 Å². The Labute approximate surface area is 98.1 Å². The fraction of sp³-hybridized carbons (Fsp3) is 0.182. The lowest BCUT2D eigenvalue weighted by atomic mass is 10.1. The number of aliphatic hydroxyl groups is 1. The molecule has 0 saturated carbocycles. The molecule has 16 heavy (non-hydrogen) atoms. The van der Waals surface area contributed by atoms with Crippen LogP contribution in [0.25, 0.3) is 0 Å². The summed E-state index contributed by atoms with van der Waals surface area (Å²) in [6.07, 6.45) is 2.02. The standard InChI is InChI=1S/C11H12ClFN2O/c1-7(16)9-6-8(13)2-3-10(9)15-5-4-11(12)14/h2-7,14-16H,1H3/b5-4-,14-11?/t7-/m1/s1. The molecule has 0 aliphatic carbocycles. The lowest BCUT2D eigenvalue weighted by Gasteiger charge is -2.11. The van der Waals surface area contributed by atoms with Gasteiger partial charge in [0.2, 0.25) is 0 Å². The summed E-state index contributed by atoms with van der Waals surface area (Å²) in [7, 11) is 0. The van der Waals surface area contributed by atoms with Gasteiger partial charge in [-0.25, -0.2) is 4.39 Å². The summed E-state index contributed by atoms with van der Waals surface area (Å²) < 4.78 is 12.9. The molecule has 0 bridgehead atoms. The molecule has 0 spiro atoms. The first-order valence-corrected chi connectivity index (χ1v) is 5.03. The number of hydrogen-bond acceptors (Lipinski definition) is 3. The van der Waals surface area contributed by atoms with Crippen molar-refractivity contribution in [2.24, 2.45) is 0 Å². The van der Waals surface area contributed by atoms with Gasteiger partial charge >= 0.3 is 0 Å². The molecular formula is C11H12ClFN2O. The van der Waals surface area contributed by atoms with E-state index >= 15 is 0 Å². The molecule has 0 aromatic heterocycles. The van der Waals surface area contributed by atoms with Gasteiger partial charge in [-0.15, -0.1) is 0 Å². The van der Waals surface area contributed by atoms with E-state index in [2.05, 4.69) is 5.32 Å². The van der Waals surface area contributed by atoms with Gasteiger partial charge in [-0.1, -0.05) is 11.6 Å². The molecule has 0 unspecified atom stereocenters. The third-order valence-electron chi connectivity index (χ3n) is 1.93. The molecule has 1 atom stereocenters. The van der Waals surface area contributed by atoms with E-state index in [-0.39, 0.29) is 5.17 Å². The summed E-state index contributed by atoms with van der Waals surface area (Å²) in [5, 5.41) is 19.1. The van der Waals surface area contributed by atoms with E-state index in [1.165, 1.54) is 30.5 Å². The van der Waals surface area contributed by atoms with Crippen molar-refractivity contribution in [3.05, 3.63) is 41.9 Å². The van der Waals surface area contributed by atoms with Gasteiger partial charge in [0.25, 0.3) is 0 Å². The molecule has 1 rings (SSSR count). The fourth-order valence-corrected chi connectivity index (χ4v) is 1.28. The highest BCUT2D eigenvalue weighted by molar-refractivity contribution is 6.67. The van der Waals surface area contributed by atoms with Crippen molar-refractivity contribution in [1.29, 1.82) is 5.41 Å². The largest absolute Gasteiger partial charge is 0.389 e. The number of anilines is 1. The van der Waals surface area contributed by atoms with Gasteiger partial charge < -0.3 is 10.4 Å². The van der Waals surface area contributed by atoms with E-state index in [0.29, 0.717) is 11.3 Å². The van der Waals surface area contributed by atoms with Crippen LogP contribution in [0.3, 0.4) is 0 Å². The number of allylic oxidation sites excluding steroid dienone is 1. The summed E-state index contributed by atoms with van der Waals surface area (Å²) in [5.74, 6) is -0.407. The molecule has 0 heterocycles. The van der Waals surface area contributed by atoms with E-state index in [4.69, 9.17) is 17.0 Å². The van der Waals surface area contributed by atoms with Crippen LogP contribution in [0.4, 0.5) is 10.1 Å². The highest BCUT2D eigenvalue weighted by atomic mass is 35.5. The van der Waals surface area contributed by atoms with Gasteiger partial charge in [-0.3, -0.25) is 5.41 Å². The Kier molecular flexibility index (Phi) is 4.46. The average Bonchev–Trinajstić information content (AvgIpc) is 2.19. The number of rotatable bonds is 4. The summed E-state index contributed by atoms with van der Waals surface area (Å²) in [6, 6.07) is 4.06. The van der Waals surface area contributed by atoms with Gasteiger partial charge in [0, 0.05) is 17.5 Å². The summed E-state index contributed by atoms with van der Waals surface area (Å²) in [4.78, 5) is 0. The van der Waals surface area contributed by atoms with Gasteiger partial charge in [0.15, 0.2) is 0 Å². The normalized spacial score (nSPS) is 12.8. The summed E-state index contributed by atoms with van der Waals surface area (Å²) in [5.41, 5.74) is 1.02. The first kappa shape index (κ1) is 12.7. The van der Waals surface area contributed by atoms with Crippen LogP contribution in [0.2, 0.25) is 0 Å². The molecule has 0 radical (unpaired) electrons. The molecule has 0 fully saturated rings.